The van der Waals surface area contributed by atoms with Crippen LogP contribution in [0.1, 0.15) is 25.0 Å². The monoisotopic (exact) mass is 325 g/mol. The predicted molar refractivity (Wildman–Crippen MR) is 95.7 cm³/mol. The zero-order chi connectivity index (χ0) is 17.6. The van der Waals surface area contributed by atoms with E-state index in [0.29, 0.717) is 0 Å². The minimum absolute atomic E-state index is 0.131. The number of hydrogen-bond donors (Lipinski definition) is 2. The number of allylic oxidation sites excluding steroid dienone is 1. The van der Waals surface area contributed by atoms with Crippen LogP contribution in [0.25, 0.3) is 5.57 Å². The van der Waals surface area contributed by atoms with Crippen molar-refractivity contribution in [3.8, 4) is 5.75 Å². The molecule has 24 heavy (non-hydrogen) atoms. The van der Waals surface area contributed by atoms with Crippen molar-refractivity contribution in [3.05, 3.63) is 71.8 Å². The van der Waals surface area contributed by atoms with E-state index in [2.05, 4.69) is 5.32 Å². The maximum atomic E-state index is 12.2. The smallest absolute Gasteiger partial charge is 0.244 e. The van der Waals surface area contributed by atoms with Crippen molar-refractivity contribution in [2.45, 2.75) is 19.4 Å². The standard InChI is InChI=1S/C20H23NO3/c1-15(17-11-7-8-12-18(17)24-3)13-19(22)21-14-20(2,23)16-9-5-4-6-10-16/h4-13,23H,14H2,1-3H3,(H,21,22). The molecule has 0 aromatic heterocycles. The van der Waals surface area contributed by atoms with Gasteiger partial charge in [-0.05, 0) is 31.1 Å². The van der Waals surface area contributed by atoms with Gasteiger partial charge in [-0.25, -0.2) is 0 Å². The second-order valence-corrected chi connectivity index (χ2v) is 5.89. The first-order chi connectivity index (χ1) is 11.4. The summed E-state index contributed by atoms with van der Waals surface area (Å²) in [5.74, 6) is 0.463. The summed E-state index contributed by atoms with van der Waals surface area (Å²) in [4.78, 5) is 12.2. The first-order valence-corrected chi connectivity index (χ1v) is 7.81. The van der Waals surface area contributed by atoms with Crippen molar-refractivity contribution >= 4 is 11.5 Å². The molecule has 1 unspecified atom stereocenters. The third-order valence-electron chi connectivity index (χ3n) is 3.88. The van der Waals surface area contributed by atoms with E-state index in [0.717, 1.165) is 22.4 Å². The van der Waals surface area contributed by atoms with Crippen LogP contribution in [0.5, 0.6) is 5.75 Å². The van der Waals surface area contributed by atoms with E-state index in [9.17, 15) is 9.90 Å². The van der Waals surface area contributed by atoms with Crippen molar-refractivity contribution in [3.63, 3.8) is 0 Å². The maximum Gasteiger partial charge on any atom is 0.244 e. The summed E-state index contributed by atoms with van der Waals surface area (Å²) >= 11 is 0. The lowest BCUT2D eigenvalue weighted by molar-refractivity contribution is -0.117. The van der Waals surface area contributed by atoms with E-state index in [1.165, 1.54) is 6.08 Å². The summed E-state index contributed by atoms with van der Waals surface area (Å²) in [5.41, 5.74) is 1.30. The number of aliphatic hydroxyl groups is 1. The van der Waals surface area contributed by atoms with Gasteiger partial charge in [0.25, 0.3) is 0 Å². The highest BCUT2D eigenvalue weighted by molar-refractivity contribution is 5.95. The fraction of sp³-hybridized carbons (Fsp3) is 0.250. The largest absolute Gasteiger partial charge is 0.496 e. The van der Waals surface area contributed by atoms with Gasteiger partial charge in [0.05, 0.1) is 13.7 Å². The Morgan fingerprint density at radius 3 is 2.46 bits per heavy atom. The van der Waals surface area contributed by atoms with Gasteiger partial charge in [0, 0.05) is 11.6 Å². The minimum atomic E-state index is -1.12. The molecule has 1 atom stereocenters. The molecule has 0 saturated heterocycles. The second-order valence-electron chi connectivity index (χ2n) is 5.89. The number of para-hydroxylation sites is 1. The predicted octanol–water partition coefficient (Wildman–Crippen LogP) is 3.12. The first kappa shape index (κ1) is 17.8. The number of rotatable bonds is 6. The van der Waals surface area contributed by atoms with Gasteiger partial charge in [-0.15, -0.1) is 0 Å². The van der Waals surface area contributed by atoms with Crippen LogP contribution in [0, 0.1) is 0 Å². The highest BCUT2D eigenvalue weighted by Gasteiger charge is 2.23. The number of methoxy groups -OCH3 is 1. The lowest BCUT2D eigenvalue weighted by Gasteiger charge is -2.24. The Hall–Kier alpha value is -2.59. The number of carbonyl (C=O) groups is 1. The molecule has 4 heteroatoms. The fourth-order valence-corrected chi connectivity index (χ4v) is 2.45. The van der Waals surface area contributed by atoms with E-state index in [1.807, 2.05) is 61.5 Å². The second kappa shape index (κ2) is 7.79. The quantitative estimate of drug-likeness (QED) is 0.802. The lowest BCUT2D eigenvalue weighted by atomic mass is 9.96. The SMILES string of the molecule is COc1ccccc1C(C)=CC(=O)NCC(C)(O)c1ccccc1. The summed E-state index contributed by atoms with van der Waals surface area (Å²) in [6.45, 7) is 3.66. The molecule has 126 valence electrons. The Labute approximate surface area is 142 Å². The minimum Gasteiger partial charge on any atom is -0.496 e. The third-order valence-corrected chi connectivity index (χ3v) is 3.88. The van der Waals surface area contributed by atoms with E-state index >= 15 is 0 Å². The van der Waals surface area contributed by atoms with Crippen LogP contribution in [0.2, 0.25) is 0 Å². The van der Waals surface area contributed by atoms with Crippen LogP contribution in [0.4, 0.5) is 0 Å². The Morgan fingerprint density at radius 1 is 1.17 bits per heavy atom. The number of nitrogens with one attached hydrogen (secondary N) is 1. The van der Waals surface area contributed by atoms with E-state index < -0.39 is 5.60 Å². The van der Waals surface area contributed by atoms with E-state index in [1.54, 1.807) is 14.0 Å². The molecule has 4 nitrogen and oxygen atoms in total. The zero-order valence-electron chi connectivity index (χ0n) is 14.2. The van der Waals surface area contributed by atoms with E-state index in [-0.39, 0.29) is 12.5 Å². The molecule has 2 rings (SSSR count). The molecule has 0 saturated carbocycles. The van der Waals surface area contributed by atoms with Gasteiger partial charge in [0.1, 0.15) is 11.4 Å². The molecule has 0 aliphatic rings. The summed E-state index contributed by atoms with van der Waals surface area (Å²) in [5, 5.41) is 13.3. The van der Waals surface area contributed by atoms with Gasteiger partial charge < -0.3 is 15.2 Å². The van der Waals surface area contributed by atoms with Crippen molar-refractivity contribution in [2.24, 2.45) is 0 Å². The summed E-state index contributed by atoms with van der Waals surface area (Å²) in [7, 11) is 1.60. The molecule has 0 fully saturated rings. The third kappa shape index (κ3) is 4.46. The van der Waals surface area contributed by atoms with Crippen LogP contribution in [-0.4, -0.2) is 24.7 Å². The molecule has 0 bridgehead atoms. The summed E-state index contributed by atoms with van der Waals surface area (Å²) in [6.07, 6.45) is 1.51. The van der Waals surface area contributed by atoms with Gasteiger partial charge in [-0.2, -0.15) is 0 Å². The average molecular weight is 325 g/mol. The number of hydrogen-bond acceptors (Lipinski definition) is 3. The van der Waals surface area contributed by atoms with Gasteiger partial charge in [0.2, 0.25) is 5.91 Å². The number of benzene rings is 2. The Kier molecular flexibility index (Phi) is 5.77. The number of amides is 1. The van der Waals surface area contributed by atoms with Crippen LogP contribution in [-0.2, 0) is 10.4 Å². The molecule has 0 aliphatic heterocycles. The van der Waals surface area contributed by atoms with E-state index in [4.69, 9.17) is 4.74 Å². The number of carbonyl (C=O) groups excluding carboxylic acids is 1. The average Bonchev–Trinajstić information content (AvgIpc) is 2.60. The molecular weight excluding hydrogens is 302 g/mol. The molecule has 0 aliphatic carbocycles. The topological polar surface area (TPSA) is 58.6 Å². The zero-order valence-corrected chi connectivity index (χ0v) is 14.2. The molecule has 0 spiro atoms. The van der Waals surface area contributed by atoms with Crippen molar-refractivity contribution in [1.29, 1.82) is 0 Å². The van der Waals surface area contributed by atoms with Gasteiger partial charge in [-0.3, -0.25) is 4.79 Å². The summed E-state index contributed by atoms with van der Waals surface area (Å²) < 4.78 is 5.31. The highest BCUT2D eigenvalue weighted by atomic mass is 16.5. The van der Waals surface area contributed by atoms with Crippen LogP contribution >= 0.6 is 0 Å². The Morgan fingerprint density at radius 2 is 1.79 bits per heavy atom. The van der Waals surface area contributed by atoms with Crippen LogP contribution in [0.15, 0.2) is 60.7 Å². The van der Waals surface area contributed by atoms with Crippen molar-refractivity contribution in [2.75, 3.05) is 13.7 Å². The lowest BCUT2D eigenvalue weighted by Crippen LogP contribution is -2.38. The molecule has 0 radical (unpaired) electrons. The Balaban J connectivity index is 2.05. The first-order valence-electron chi connectivity index (χ1n) is 7.81. The molecule has 2 aromatic carbocycles. The van der Waals surface area contributed by atoms with Gasteiger partial charge in [-0.1, -0.05) is 48.5 Å². The molecule has 2 aromatic rings. The normalized spacial score (nSPS) is 13.9. The summed E-state index contributed by atoms with van der Waals surface area (Å²) in [6, 6.07) is 16.8. The van der Waals surface area contributed by atoms with Gasteiger partial charge in [0.15, 0.2) is 0 Å². The van der Waals surface area contributed by atoms with Gasteiger partial charge >= 0.3 is 0 Å². The molecular formula is C20H23NO3. The van der Waals surface area contributed by atoms with Crippen molar-refractivity contribution < 1.29 is 14.6 Å². The Bertz CT molecular complexity index is 721. The molecule has 1 amide bonds. The number of ether oxygens (including phenoxy) is 1. The van der Waals surface area contributed by atoms with Crippen LogP contribution < -0.4 is 10.1 Å². The maximum absolute atomic E-state index is 12.2. The molecule has 0 heterocycles. The molecule has 2 N–H and O–H groups in total. The van der Waals surface area contributed by atoms with Crippen LogP contribution in [0.3, 0.4) is 0 Å². The highest BCUT2D eigenvalue weighted by Crippen LogP contribution is 2.25. The fourth-order valence-electron chi connectivity index (χ4n) is 2.45. The van der Waals surface area contributed by atoms with Crippen molar-refractivity contribution in [1.82, 2.24) is 5.32 Å².